The van der Waals surface area contributed by atoms with Crippen LogP contribution in [0, 0.1) is 12.8 Å². The third kappa shape index (κ3) is 7.41. The number of benzene rings is 1. The van der Waals surface area contributed by atoms with E-state index in [1.807, 2.05) is 31.2 Å². The van der Waals surface area contributed by atoms with E-state index in [1.165, 1.54) is 70.3 Å². The number of methoxy groups -OCH3 is 1. The van der Waals surface area contributed by atoms with E-state index in [0.717, 1.165) is 34.4 Å². The number of hydrogen-bond acceptors (Lipinski definition) is 8. The molecule has 2 saturated carbocycles. The van der Waals surface area contributed by atoms with Crippen molar-refractivity contribution >= 4 is 35.3 Å². The van der Waals surface area contributed by atoms with E-state index in [9.17, 15) is 9.59 Å². The van der Waals surface area contributed by atoms with Gasteiger partial charge in [-0.2, -0.15) is 0 Å². The smallest absolute Gasteiger partial charge is 0.306 e. The summed E-state index contributed by atoms with van der Waals surface area (Å²) in [7, 11) is 1.38. The molecule has 0 atom stereocenters. The molecule has 2 fully saturated rings. The molecule has 1 aromatic heterocycles. The highest BCUT2D eigenvalue weighted by Gasteiger charge is 2.30. The number of carbonyl (C=O) groups is 2. The van der Waals surface area contributed by atoms with E-state index < -0.39 is 0 Å². The number of rotatable bonds is 11. The van der Waals surface area contributed by atoms with Crippen LogP contribution in [0.5, 0.6) is 0 Å². The molecule has 35 heavy (non-hydrogen) atoms. The fourth-order valence-electron chi connectivity index (χ4n) is 4.45. The van der Waals surface area contributed by atoms with Crippen LogP contribution in [0.2, 0.25) is 0 Å². The number of anilines is 2. The first-order valence-corrected chi connectivity index (χ1v) is 13.3. The SMILES string of the molecule is COC(=O)CCNSc1ccc(NC(=O)c2cc(N(CC3CC3)C3CCCCC3)ncn2)c(C)c1. The minimum Gasteiger partial charge on any atom is -0.469 e. The average Bonchev–Trinajstić information content (AvgIpc) is 3.71. The largest absolute Gasteiger partial charge is 0.469 e. The zero-order chi connectivity index (χ0) is 24.6. The van der Waals surface area contributed by atoms with Gasteiger partial charge in [-0.05, 0) is 74.2 Å². The summed E-state index contributed by atoms with van der Waals surface area (Å²) in [6, 6.07) is 8.17. The van der Waals surface area contributed by atoms with Crippen molar-refractivity contribution in [1.29, 1.82) is 0 Å². The maximum absolute atomic E-state index is 13.1. The number of nitrogens with zero attached hydrogens (tertiary/aromatic N) is 3. The van der Waals surface area contributed by atoms with Crippen LogP contribution in [0.4, 0.5) is 11.5 Å². The number of esters is 1. The summed E-state index contributed by atoms with van der Waals surface area (Å²) in [6.07, 6.45) is 10.6. The van der Waals surface area contributed by atoms with Gasteiger partial charge in [0.15, 0.2) is 0 Å². The quantitative estimate of drug-likeness (QED) is 0.261. The number of ether oxygens (including phenoxy) is 1. The molecule has 2 aliphatic rings. The average molecular weight is 498 g/mol. The highest BCUT2D eigenvalue weighted by molar-refractivity contribution is 7.97. The lowest BCUT2D eigenvalue weighted by Crippen LogP contribution is -2.39. The van der Waals surface area contributed by atoms with Gasteiger partial charge in [0, 0.05) is 35.8 Å². The zero-order valence-electron chi connectivity index (χ0n) is 20.6. The Kier molecular flexibility index (Phi) is 8.98. The first-order chi connectivity index (χ1) is 17.0. The summed E-state index contributed by atoms with van der Waals surface area (Å²) < 4.78 is 7.79. The fourth-order valence-corrected chi connectivity index (χ4v) is 5.19. The second-order valence-electron chi connectivity index (χ2n) is 9.40. The van der Waals surface area contributed by atoms with Crippen LogP contribution in [-0.2, 0) is 9.53 Å². The van der Waals surface area contributed by atoms with Crippen molar-refractivity contribution in [3.63, 3.8) is 0 Å². The molecular formula is C26H35N5O3S. The highest BCUT2D eigenvalue weighted by atomic mass is 32.2. The molecule has 9 heteroatoms. The first kappa shape index (κ1) is 25.4. The van der Waals surface area contributed by atoms with Gasteiger partial charge in [-0.15, -0.1) is 0 Å². The van der Waals surface area contributed by atoms with E-state index in [1.54, 1.807) is 0 Å². The topological polar surface area (TPSA) is 96.5 Å². The number of amides is 1. The predicted molar refractivity (Wildman–Crippen MR) is 139 cm³/mol. The van der Waals surface area contributed by atoms with E-state index in [-0.39, 0.29) is 11.9 Å². The molecule has 0 saturated heterocycles. The summed E-state index contributed by atoms with van der Waals surface area (Å²) in [5.41, 5.74) is 2.08. The molecule has 1 amide bonds. The fraction of sp³-hybridized carbons (Fsp3) is 0.538. The van der Waals surface area contributed by atoms with E-state index in [4.69, 9.17) is 0 Å². The first-order valence-electron chi connectivity index (χ1n) is 12.5. The molecule has 8 nitrogen and oxygen atoms in total. The Morgan fingerprint density at radius 3 is 2.63 bits per heavy atom. The van der Waals surface area contributed by atoms with Gasteiger partial charge in [0.1, 0.15) is 17.8 Å². The summed E-state index contributed by atoms with van der Waals surface area (Å²) in [4.78, 5) is 36.5. The van der Waals surface area contributed by atoms with E-state index in [0.29, 0.717) is 24.7 Å². The third-order valence-electron chi connectivity index (χ3n) is 6.64. The molecule has 0 radical (unpaired) electrons. The number of carbonyl (C=O) groups excluding carboxylic acids is 2. The minimum atomic E-state index is -0.241. The van der Waals surface area contributed by atoms with E-state index >= 15 is 0 Å². The minimum absolute atomic E-state index is 0.233. The van der Waals surface area contributed by atoms with Crippen LogP contribution >= 0.6 is 11.9 Å². The van der Waals surface area contributed by atoms with Gasteiger partial charge in [-0.1, -0.05) is 19.3 Å². The van der Waals surface area contributed by atoms with Crippen LogP contribution in [0.25, 0.3) is 0 Å². The maximum Gasteiger partial charge on any atom is 0.306 e. The molecule has 4 rings (SSSR count). The normalized spacial score (nSPS) is 16.1. The molecule has 2 aliphatic carbocycles. The molecule has 0 bridgehead atoms. The van der Waals surface area contributed by atoms with Gasteiger partial charge in [0.2, 0.25) is 0 Å². The van der Waals surface area contributed by atoms with Gasteiger partial charge in [0.05, 0.1) is 13.5 Å². The van der Waals surface area contributed by atoms with E-state index in [2.05, 4.69) is 29.6 Å². The Morgan fingerprint density at radius 2 is 1.91 bits per heavy atom. The van der Waals surface area contributed by atoms with Crippen molar-refractivity contribution in [2.75, 3.05) is 30.4 Å². The van der Waals surface area contributed by atoms with Crippen molar-refractivity contribution < 1.29 is 14.3 Å². The highest BCUT2D eigenvalue weighted by Crippen LogP contribution is 2.34. The number of nitrogens with one attached hydrogen (secondary N) is 2. The van der Waals surface area contributed by atoms with Gasteiger partial charge >= 0.3 is 5.97 Å². The van der Waals surface area contributed by atoms with Crippen molar-refractivity contribution in [2.45, 2.75) is 69.2 Å². The van der Waals surface area contributed by atoms with Crippen LogP contribution < -0.4 is 14.9 Å². The van der Waals surface area contributed by atoms with Gasteiger partial charge in [0.25, 0.3) is 5.91 Å². The van der Waals surface area contributed by atoms with Gasteiger partial charge < -0.3 is 15.0 Å². The van der Waals surface area contributed by atoms with Crippen molar-refractivity contribution in [2.24, 2.45) is 5.92 Å². The predicted octanol–water partition coefficient (Wildman–Crippen LogP) is 4.75. The van der Waals surface area contributed by atoms with Crippen molar-refractivity contribution in [3.8, 4) is 0 Å². The molecule has 0 spiro atoms. The lowest BCUT2D eigenvalue weighted by Gasteiger charge is -2.35. The van der Waals surface area contributed by atoms with Crippen LogP contribution in [0.1, 0.15) is 67.4 Å². The van der Waals surface area contributed by atoms with Crippen LogP contribution in [0.15, 0.2) is 35.5 Å². The van der Waals surface area contributed by atoms with Crippen LogP contribution in [0.3, 0.4) is 0 Å². The number of aryl methyl sites for hydroxylation is 1. The third-order valence-corrected chi connectivity index (χ3v) is 7.48. The zero-order valence-corrected chi connectivity index (χ0v) is 21.4. The van der Waals surface area contributed by atoms with Crippen molar-refractivity contribution in [1.82, 2.24) is 14.7 Å². The Hall–Kier alpha value is -2.65. The molecule has 2 N–H and O–H groups in total. The number of hydrogen-bond donors (Lipinski definition) is 2. The van der Waals surface area contributed by atoms with Gasteiger partial charge in [-0.3, -0.25) is 14.3 Å². The molecule has 1 heterocycles. The second kappa shape index (κ2) is 12.4. The molecular weight excluding hydrogens is 462 g/mol. The summed E-state index contributed by atoms with van der Waals surface area (Å²) in [6.45, 7) is 3.50. The molecule has 0 aliphatic heterocycles. The summed E-state index contributed by atoms with van der Waals surface area (Å²) in [5.74, 6) is 1.14. The number of aromatic nitrogens is 2. The van der Waals surface area contributed by atoms with Gasteiger partial charge in [-0.25, -0.2) is 9.97 Å². The maximum atomic E-state index is 13.1. The Labute approximate surface area is 211 Å². The Morgan fingerprint density at radius 1 is 1.11 bits per heavy atom. The Balaban J connectivity index is 1.38. The molecule has 1 aromatic carbocycles. The second-order valence-corrected chi connectivity index (χ2v) is 10.4. The molecule has 2 aromatic rings. The lowest BCUT2D eigenvalue weighted by molar-refractivity contribution is -0.140. The van der Waals surface area contributed by atoms with Crippen molar-refractivity contribution in [3.05, 3.63) is 41.9 Å². The molecule has 188 valence electrons. The summed E-state index contributed by atoms with van der Waals surface area (Å²) >= 11 is 1.44. The summed E-state index contributed by atoms with van der Waals surface area (Å²) in [5, 5.41) is 3.00. The Bertz CT molecular complexity index is 1020. The standard InChI is InChI=1S/C26H35N5O3S/c1-18-14-21(35-29-13-12-25(32)34-2)10-11-22(18)30-26(33)23-15-24(28-17-27-23)31(16-19-8-9-19)20-6-4-3-5-7-20/h10-11,14-15,17,19-20,29H,3-9,12-13,16H2,1-2H3,(H,30,33). The molecule has 0 unspecified atom stereocenters. The van der Waals surface area contributed by atoms with Crippen LogP contribution in [-0.4, -0.2) is 48.1 Å². The lowest BCUT2D eigenvalue weighted by atomic mass is 9.94. The monoisotopic (exact) mass is 497 g/mol.